The van der Waals surface area contributed by atoms with Crippen LogP contribution < -0.4 is 0 Å². The van der Waals surface area contributed by atoms with Crippen LogP contribution >= 0.6 is 38.5 Å². The summed E-state index contributed by atoms with van der Waals surface area (Å²) in [6.07, 6.45) is 1.11. The Morgan fingerprint density at radius 1 is 1.39 bits per heavy atom. The van der Waals surface area contributed by atoms with E-state index in [1.165, 1.54) is 0 Å². The first-order chi connectivity index (χ1) is 8.49. The normalized spacial score (nSPS) is 24.1. The van der Waals surface area contributed by atoms with Crippen LogP contribution in [0.25, 0.3) is 0 Å². The number of likely N-dealkylation sites (tertiary alicyclic amines) is 1. The number of hydrogen-bond donors (Lipinski definition) is 0. The molecular weight excluding hydrogens is 405 g/mol. The summed E-state index contributed by atoms with van der Waals surface area (Å²) in [5.41, 5.74) is 0.781. The fraction of sp³-hybridized carbons (Fsp3) is 0.500. The maximum atomic E-state index is 12.5. The van der Waals surface area contributed by atoms with Gasteiger partial charge in [0.15, 0.2) is 0 Å². The molecule has 2 atom stereocenters. The highest BCUT2D eigenvalue weighted by Crippen LogP contribution is 2.26. The first-order valence-electron chi connectivity index (χ1n) is 6.23. The number of carbonyl (C=O) groups excluding carboxylic acids is 1. The number of amides is 1. The Hall–Kier alpha value is -0.100. The minimum absolute atomic E-state index is 0.152. The molecule has 1 aliphatic heterocycles. The molecule has 18 heavy (non-hydrogen) atoms. The highest BCUT2D eigenvalue weighted by molar-refractivity contribution is 14.1. The van der Waals surface area contributed by atoms with Gasteiger partial charge in [0.1, 0.15) is 0 Å². The Bertz CT molecular complexity index is 463. The van der Waals surface area contributed by atoms with Gasteiger partial charge in [-0.2, -0.15) is 0 Å². The Kier molecular flexibility index (Phi) is 4.69. The lowest BCUT2D eigenvalue weighted by Gasteiger charge is -2.35. The van der Waals surface area contributed by atoms with E-state index >= 15 is 0 Å². The molecule has 98 valence electrons. The van der Waals surface area contributed by atoms with E-state index in [9.17, 15) is 4.79 Å². The van der Waals surface area contributed by atoms with Crippen LogP contribution in [0.1, 0.15) is 30.6 Å². The van der Waals surface area contributed by atoms with Crippen LogP contribution in [0.4, 0.5) is 0 Å². The van der Waals surface area contributed by atoms with Crippen molar-refractivity contribution in [3.05, 3.63) is 31.8 Å². The molecule has 1 heterocycles. The van der Waals surface area contributed by atoms with E-state index in [1.807, 2.05) is 23.1 Å². The molecular formula is C14H17BrINO. The third kappa shape index (κ3) is 3.07. The summed E-state index contributed by atoms with van der Waals surface area (Å²) in [5.74, 6) is 1.46. The summed E-state index contributed by atoms with van der Waals surface area (Å²) >= 11 is 5.72. The second kappa shape index (κ2) is 5.90. The molecule has 0 aliphatic carbocycles. The minimum atomic E-state index is 0.152. The van der Waals surface area contributed by atoms with E-state index < -0.39 is 0 Å². The van der Waals surface area contributed by atoms with Gasteiger partial charge in [0.25, 0.3) is 5.91 Å². The SMILES string of the molecule is CC1CCN(C(=O)c2cc(I)ccc2Br)CC1C. The minimum Gasteiger partial charge on any atom is -0.338 e. The van der Waals surface area contributed by atoms with Gasteiger partial charge >= 0.3 is 0 Å². The number of hydrogen-bond acceptors (Lipinski definition) is 1. The van der Waals surface area contributed by atoms with Crippen LogP contribution in [0.15, 0.2) is 22.7 Å². The number of halogens is 2. The summed E-state index contributed by atoms with van der Waals surface area (Å²) in [4.78, 5) is 14.5. The van der Waals surface area contributed by atoms with Gasteiger partial charge in [0.05, 0.1) is 5.56 Å². The van der Waals surface area contributed by atoms with Crippen molar-refractivity contribution in [2.24, 2.45) is 11.8 Å². The molecule has 0 aromatic heterocycles. The Balaban J connectivity index is 2.19. The Morgan fingerprint density at radius 3 is 2.78 bits per heavy atom. The van der Waals surface area contributed by atoms with Crippen molar-refractivity contribution in [3.8, 4) is 0 Å². The maximum Gasteiger partial charge on any atom is 0.255 e. The topological polar surface area (TPSA) is 20.3 Å². The van der Waals surface area contributed by atoms with Crippen LogP contribution in [0.3, 0.4) is 0 Å². The van der Waals surface area contributed by atoms with Crippen molar-refractivity contribution < 1.29 is 4.79 Å². The van der Waals surface area contributed by atoms with Gasteiger partial charge in [-0.3, -0.25) is 4.79 Å². The number of carbonyl (C=O) groups is 1. The van der Waals surface area contributed by atoms with Crippen LogP contribution in [-0.4, -0.2) is 23.9 Å². The summed E-state index contributed by atoms with van der Waals surface area (Å²) < 4.78 is 1.98. The van der Waals surface area contributed by atoms with Gasteiger partial charge < -0.3 is 4.90 Å². The maximum absolute atomic E-state index is 12.5. The second-order valence-electron chi connectivity index (χ2n) is 5.12. The molecule has 0 N–H and O–H groups in total. The number of benzene rings is 1. The molecule has 0 saturated carbocycles. The van der Waals surface area contributed by atoms with Crippen molar-refractivity contribution >= 4 is 44.4 Å². The van der Waals surface area contributed by atoms with Crippen molar-refractivity contribution in [2.75, 3.05) is 13.1 Å². The zero-order valence-electron chi connectivity index (χ0n) is 10.6. The van der Waals surface area contributed by atoms with E-state index in [1.54, 1.807) is 0 Å². The zero-order chi connectivity index (χ0) is 13.3. The summed E-state index contributed by atoms with van der Waals surface area (Å²) in [6, 6.07) is 5.91. The highest BCUT2D eigenvalue weighted by atomic mass is 127. The summed E-state index contributed by atoms with van der Waals surface area (Å²) in [6.45, 7) is 6.25. The molecule has 1 aromatic carbocycles. The van der Waals surface area contributed by atoms with Crippen LogP contribution in [0, 0.1) is 15.4 Å². The first kappa shape index (κ1) is 14.3. The van der Waals surface area contributed by atoms with Crippen LogP contribution in [-0.2, 0) is 0 Å². The molecule has 1 fully saturated rings. The van der Waals surface area contributed by atoms with Gasteiger partial charge in [0, 0.05) is 21.1 Å². The van der Waals surface area contributed by atoms with Gasteiger partial charge in [-0.1, -0.05) is 13.8 Å². The summed E-state index contributed by atoms with van der Waals surface area (Å²) in [7, 11) is 0. The predicted molar refractivity (Wildman–Crippen MR) is 85.7 cm³/mol. The van der Waals surface area contributed by atoms with Crippen molar-refractivity contribution in [3.63, 3.8) is 0 Å². The molecule has 1 aromatic rings. The van der Waals surface area contributed by atoms with Crippen molar-refractivity contribution in [2.45, 2.75) is 20.3 Å². The van der Waals surface area contributed by atoms with Crippen LogP contribution in [0.2, 0.25) is 0 Å². The molecule has 1 aliphatic rings. The second-order valence-corrected chi connectivity index (χ2v) is 7.22. The number of piperidine rings is 1. The Morgan fingerprint density at radius 2 is 2.11 bits per heavy atom. The Labute approximate surface area is 130 Å². The van der Waals surface area contributed by atoms with E-state index in [-0.39, 0.29) is 5.91 Å². The van der Waals surface area contributed by atoms with Gasteiger partial charge in [0.2, 0.25) is 0 Å². The van der Waals surface area contributed by atoms with Crippen molar-refractivity contribution in [1.29, 1.82) is 0 Å². The van der Waals surface area contributed by atoms with Gasteiger partial charge in [-0.15, -0.1) is 0 Å². The molecule has 2 nitrogen and oxygen atoms in total. The smallest absolute Gasteiger partial charge is 0.255 e. The summed E-state index contributed by atoms with van der Waals surface area (Å²) in [5, 5.41) is 0. The lowest BCUT2D eigenvalue weighted by molar-refractivity contribution is 0.0626. The average molecular weight is 422 g/mol. The van der Waals surface area contributed by atoms with Crippen molar-refractivity contribution in [1.82, 2.24) is 4.90 Å². The van der Waals surface area contributed by atoms with E-state index in [0.717, 1.165) is 33.1 Å². The molecule has 2 rings (SSSR count). The fourth-order valence-electron chi connectivity index (χ4n) is 2.28. The van der Waals surface area contributed by atoms with Gasteiger partial charge in [-0.05, 0) is 75.0 Å². The van der Waals surface area contributed by atoms with Crippen LogP contribution in [0.5, 0.6) is 0 Å². The van der Waals surface area contributed by atoms with E-state index in [2.05, 4.69) is 52.4 Å². The molecule has 1 saturated heterocycles. The quantitative estimate of drug-likeness (QED) is 0.623. The fourth-order valence-corrected chi connectivity index (χ4v) is 3.19. The standard InChI is InChI=1S/C14H17BrINO/c1-9-5-6-17(8-10(9)2)14(18)12-7-11(16)3-4-13(12)15/h3-4,7,9-10H,5-6,8H2,1-2H3. The molecule has 4 heteroatoms. The third-order valence-electron chi connectivity index (χ3n) is 3.78. The average Bonchev–Trinajstić information content (AvgIpc) is 2.35. The number of rotatable bonds is 1. The molecule has 2 unspecified atom stereocenters. The third-order valence-corrected chi connectivity index (χ3v) is 5.14. The van der Waals surface area contributed by atoms with Gasteiger partial charge in [-0.25, -0.2) is 0 Å². The molecule has 0 spiro atoms. The highest BCUT2D eigenvalue weighted by Gasteiger charge is 2.27. The lowest BCUT2D eigenvalue weighted by atomic mass is 9.88. The predicted octanol–water partition coefficient (Wildman–Crippen LogP) is 4.17. The molecule has 0 radical (unpaired) electrons. The first-order valence-corrected chi connectivity index (χ1v) is 8.10. The monoisotopic (exact) mass is 421 g/mol. The van der Waals surface area contributed by atoms with E-state index in [4.69, 9.17) is 0 Å². The zero-order valence-corrected chi connectivity index (χ0v) is 14.4. The molecule has 1 amide bonds. The van der Waals surface area contributed by atoms with E-state index in [0.29, 0.717) is 11.8 Å². The largest absolute Gasteiger partial charge is 0.338 e. The number of nitrogens with zero attached hydrogens (tertiary/aromatic N) is 1. The lowest BCUT2D eigenvalue weighted by Crippen LogP contribution is -2.42. The molecule has 0 bridgehead atoms.